The number of aromatic nitrogens is 1. The number of benzene rings is 1. The lowest BCUT2D eigenvalue weighted by atomic mass is 9.99. The summed E-state index contributed by atoms with van der Waals surface area (Å²) < 4.78 is 5.75. The van der Waals surface area contributed by atoms with Gasteiger partial charge in [-0.25, -0.2) is 0 Å². The third-order valence-electron chi connectivity index (χ3n) is 5.32. The average molecular weight is 516 g/mol. The van der Waals surface area contributed by atoms with Gasteiger partial charge >= 0.3 is 0 Å². The largest absolute Gasteiger partial charge is 0.381 e. The third-order valence-corrected chi connectivity index (χ3v) is 6.72. The summed E-state index contributed by atoms with van der Waals surface area (Å²) in [5.41, 5.74) is 3.84. The maximum absolute atomic E-state index is 5.53. The molecule has 0 spiro atoms. The van der Waals surface area contributed by atoms with Gasteiger partial charge in [-0.2, -0.15) is 11.8 Å². The lowest BCUT2D eigenvalue weighted by molar-refractivity contribution is 0.0794. The molecule has 1 aromatic heterocycles. The second-order valence-electron chi connectivity index (χ2n) is 7.23. The van der Waals surface area contributed by atoms with E-state index in [0.717, 1.165) is 58.1 Å². The minimum atomic E-state index is 0. The number of nitrogens with one attached hydrogen (secondary N) is 3. The summed E-state index contributed by atoms with van der Waals surface area (Å²) in [4.78, 5) is 8.27. The Morgan fingerprint density at radius 3 is 2.79 bits per heavy atom. The van der Waals surface area contributed by atoms with Crippen LogP contribution in [0.25, 0.3) is 10.9 Å². The molecule has 0 saturated carbocycles. The van der Waals surface area contributed by atoms with Crippen LogP contribution in [0.1, 0.15) is 30.9 Å². The first-order chi connectivity index (χ1) is 13.2. The first-order valence-electron chi connectivity index (χ1n) is 9.87. The van der Waals surface area contributed by atoms with Crippen LogP contribution < -0.4 is 10.6 Å². The Balaban J connectivity index is 0.00000280. The predicted octanol–water partition coefficient (Wildman–Crippen LogP) is 4.10. The molecule has 0 aliphatic carbocycles. The molecule has 5 nitrogen and oxygen atoms in total. The normalized spacial score (nSPS) is 16.6. The molecule has 1 aromatic carbocycles. The highest BCUT2D eigenvalue weighted by Gasteiger charge is 2.31. The number of ether oxygens (including phenoxy) is 1. The van der Waals surface area contributed by atoms with Crippen LogP contribution in [0.3, 0.4) is 0 Å². The molecule has 2 aromatic rings. The zero-order chi connectivity index (χ0) is 19.1. The van der Waals surface area contributed by atoms with Crippen LogP contribution in [-0.4, -0.2) is 54.8 Å². The Bertz CT molecular complexity index is 771. The molecule has 1 fully saturated rings. The van der Waals surface area contributed by atoms with Crippen molar-refractivity contribution in [1.29, 1.82) is 0 Å². The number of hydrogen-bond donors (Lipinski definition) is 3. The van der Waals surface area contributed by atoms with E-state index in [2.05, 4.69) is 60.1 Å². The van der Waals surface area contributed by atoms with Gasteiger partial charge in [-0.05, 0) is 56.6 Å². The Kier molecular flexibility index (Phi) is 9.43. The minimum absolute atomic E-state index is 0. The minimum Gasteiger partial charge on any atom is -0.381 e. The molecule has 7 heteroatoms. The predicted molar refractivity (Wildman–Crippen MR) is 132 cm³/mol. The maximum atomic E-state index is 5.53. The van der Waals surface area contributed by atoms with E-state index in [0.29, 0.717) is 0 Å². The van der Waals surface area contributed by atoms with Crippen LogP contribution in [0.4, 0.5) is 0 Å². The SMILES string of the molecule is CCNC(=NCC1(SC)CCOCC1)NCCc1c[nH]c2cc(C)ccc12.I. The lowest BCUT2D eigenvalue weighted by Gasteiger charge is -2.34. The Labute approximate surface area is 189 Å². The molecule has 2 heterocycles. The van der Waals surface area contributed by atoms with Crippen molar-refractivity contribution in [3.63, 3.8) is 0 Å². The number of thioether (sulfide) groups is 1. The number of aryl methyl sites for hydroxylation is 1. The van der Waals surface area contributed by atoms with E-state index in [9.17, 15) is 0 Å². The van der Waals surface area contributed by atoms with Gasteiger partial charge in [-0.15, -0.1) is 24.0 Å². The van der Waals surface area contributed by atoms with Crippen LogP contribution in [0.15, 0.2) is 29.4 Å². The fourth-order valence-electron chi connectivity index (χ4n) is 3.56. The summed E-state index contributed by atoms with van der Waals surface area (Å²) in [5.74, 6) is 0.910. The Hall–Kier alpha value is -0.930. The summed E-state index contributed by atoms with van der Waals surface area (Å²) in [7, 11) is 0. The highest BCUT2D eigenvalue weighted by atomic mass is 127. The van der Waals surface area contributed by atoms with Gasteiger partial charge in [0.05, 0.1) is 6.54 Å². The number of rotatable bonds is 7. The van der Waals surface area contributed by atoms with E-state index in [1.165, 1.54) is 22.0 Å². The molecule has 0 atom stereocenters. The van der Waals surface area contributed by atoms with Gasteiger partial charge in [-0.3, -0.25) is 4.99 Å². The topological polar surface area (TPSA) is 61.4 Å². The molecular formula is C21H33IN4OS. The van der Waals surface area contributed by atoms with Gasteiger partial charge in [0, 0.05) is 48.2 Å². The number of fused-ring (bicyclic) bond motifs is 1. The fraction of sp³-hybridized carbons (Fsp3) is 0.571. The highest BCUT2D eigenvalue weighted by molar-refractivity contribution is 14.0. The van der Waals surface area contributed by atoms with Crippen molar-refractivity contribution in [2.75, 3.05) is 39.1 Å². The first kappa shape index (κ1) is 23.3. The number of aromatic amines is 1. The van der Waals surface area contributed by atoms with Crippen LogP contribution in [0, 0.1) is 6.92 Å². The Morgan fingerprint density at radius 2 is 2.07 bits per heavy atom. The molecule has 1 saturated heterocycles. The zero-order valence-corrected chi connectivity index (χ0v) is 20.3. The van der Waals surface area contributed by atoms with Crippen molar-refractivity contribution in [1.82, 2.24) is 15.6 Å². The summed E-state index contributed by atoms with van der Waals surface area (Å²) in [5, 5.41) is 8.19. The van der Waals surface area contributed by atoms with Crippen LogP contribution >= 0.6 is 35.7 Å². The van der Waals surface area contributed by atoms with Gasteiger partial charge in [-0.1, -0.05) is 12.1 Å². The van der Waals surface area contributed by atoms with Crippen LogP contribution in [-0.2, 0) is 11.2 Å². The summed E-state index contributed by atoms with van der Waals surface area (Å²) in [6.07, 6.45) is 7.44. The summed E-state index contributed by atoms with van der Waals surface area (Å²) >= 11 is 1.93. The molecule has 0 unspecified atom stereocenters. The van der Waals surface area contributed by atoms with E-state index in [-0.39, 0.29) is 28.7 Å². The van der Waals surface area contributed by atoms with Crippen molar-refractivity contribution < 1.29 is 4.74 Å². The van der Waals surface area contributed by atoms with Crippen molar-refractivity contribution in [2.45, 2.75) is 37.9 Å². The number of halogens is 1. The molecule has 1 aliphatic heterocycles. The van der Waals surface area contributed by atoms with Crippen molar-refractivity contribution >= 4 is 52.6 Å². The molecule has 3 N–H and O–H groups in total. The third kappa shape index (κ3) is 6.03. The fourth-order valence-corrected chi connectivity index (χ4v) is 4.33. The smallest absolute Gasteiger partial charge is 0.191 e. The van der Waals surface area contributed by atoms with E-state index in [1.807, 2.05) is 11.8 Å². The molecule has 0 bridgehead atoms. The number of guanidine groups is 1. The van der Waals surface area contributed by atoms with Gasteiger partial charge in [0.1, 0.15) is 0 Å². The van der Waals surface area contributed by atoms with Crippen molar-refractivity contribution in [2.24, 2.45) is 4.99 Å². The molecule has 28 heavy (non-hydrogen) atoms. The van der Waals surface area contributed by atoms with Crippen LogP contribution in [0.2, 0.25) is 0 Å². The molecular weight excluding hydrogens is 483 g/mol. The van der Waals surface area contributed by atoms with E-state index < -0.39 is 0 Å². The molecule has 156 valence electrons. The maximum Gasteiger partial charge on any atom is 0.191 e. The average Bonchev–Trinajstić information content (AvgIpc) is 3.09. The Morgan fingerprint density at radius 1 is 1.29 bits per heavy atom. The number of H-pyrrole nitrogens is 1. The van der Waals surface area contributed by atoms with Gasteiger partial charge < -0.3 is 20.4 Å². The van der Waals surface area contributed by atoms with E-state index in [1.54, 1.807) is 0 Å². The van der Waals surface area contributed by atoms with Gasteiger partial charge in [0.2, 0.25) is 0 Å². The highest BCUT2D eigenvalue weighted by Crippen LogP contribution is 2.33. The molecule has 0 radical (unpaired) electrons. The summed E-state index contributed by atoms with van der Waals surface area (Å²) in [6.45, 7) is 8.49. The number of hydrogen-bond acceptors (Lipinski definition) is 3. The molecule has 3 rings (SSSR count). The van der Waals surface area contributed by atoms with Gasteiger partial charge in [0.15, 0.2) is 5.96 Å². The number of nitrogens with zero attached hydrogens (tertiary/aromatic N) is 1. The van der Waals surface area contributed by atoms with Crippen molar-refractivity contribution in [3.8, 4) is 0 Å². The second kappa shape index (κ2) is 11.3. The van der Waals surface area contributed by atoms with Gasteiger partial charge in [0.25, 0.3) is 0 Å². The first-order valence-corrected chi connectivity index (χ1v) is 11.1. The van der Waals surface area contributed by atoms with Crippen molar-refractivity contribution in [3.05, 3.63) is 35.5 Å². The summed E-state index contributed by atoms with van der Waals surface area (Å²) in [6, 6.07) is 6.59. The lowest BCUT2D eigenvalue weighted by Crippen LogP contribution is -2.41. The van der Waals surface area contributed by atoms with Crippen LogP contribution in [0.5, 0.6) is 0 Å². The van der Waals surface area contributed by atoms with E-state index in [4.69, 9.17) is 9.73 Å². The molecule has 0 amide bonds. The quantitative estimate of drug-likeness (QED) is 0.295. The molecule has 1 aliphatic rings. The van der Waals surface area contributed by atoms with E-state index >= 15 is 0 Å². The zero-order valence-electron chi connectivity index (χ0n) is 17.1. The monoisotopic (exact) mass is 516 g/mol. The number of aliphatic imine (C=N–C) groups is 1. The standard InChI is InChI=1S/C21H32N4OS.HI/c1-4-22-20(25-15-21(27-3)8-11-26-12-9-21)23-10-7-17-14-24-19-13-16(2)5-6-18(17)19;/h5-6,13-14,24H,4,7-12,15H2,1-3H3,(H2,22,23,25);1H. The second-order valence-corrected chi connectivity index (χ2v) is 8.51.